The zero-order valence-corrected chi connectivity index (χ0v) is 22.0. The molecule has 4 heterocycles. The van der Waals surface area contributed by atoms with Gasteiger partial charge in [-0.3, -0.25) is 4.79 Å². The molecule has 2 aliphatic rings. The molecular weight excluding hydrogens is 494 g/mol. The average Bonchev–Trinajstić information content (AvgIpc) is 3.73. The van der Waals surface area contributed by atoms with Gasteiger partial charge < -0.3 is 10.1 Å². The van der Waals surface area contributed by atoms with Crippen LogP contribution < -0.4 is 5.32 Å². The topological polar surface area (TPSA) is 136 Å². The number of nitrogens with one attached hydrogen (secondary N) is 1. The highest BCUT2D eigenvalue weighted by Crippen LogP contribution is 2.36. The zero-order chi connectivity index (χ0) is 26.8. The van der Waals surface area contributed by atoms with E-state index < -0.39 is 0 Å². The Morgan fingerprint density at radius 1 is 1.10 bits per heavy atom. The summed E-state index contributed by atoms with van der Waals surface area (Å²) in [5.41, 5.74) is 3.88. The number of rotatable bonds is 7. The van der Waals surface area contributed by atoms with Gasteiger partial charge >= 0.3 is 5.97 Å². The van der Waals surface area contributed by atoms with Crippen molar-refractivity contribution in [2.24, 2.45) is 5.92 Å². The van der Waals surface area contributed by atoms with E-state index in [1.54, 1.807) is 29.3 Å². The minimum absolute atomic E-state index is 0.216. The Labute approximate surface area is 226 Å². The Bertz CT molecular complexity index is 1520. The number of ether oxygens (including phenoxy) is 1. The summed E-state index contributed by atoms with van der Waals surface area (Å²) in [5.74, 6) is 1.17. The van der Waals surface area contributed by atoms with Gasteiger partial charge in [0.15, 0.2) is 11.5 Å². The largest absolute Gasteiger partial charge is 0.466 e. The van der Waals surface area contributed by atoms with Gasteiger partial charge in [-0.05, 0) is 50.5 Å². The Balaban J connectivity index is 1.26. The van der Waals surface area contributed by atoms with Crippen molar-refractivity contribution >= 4 is 22.7 Å². The van der Waals surface area contributed by atoms with Gasteiger partial charge in [-0.15, -0.1) is 5.10 Å². The second kappa shape index (κ2) is 10.8. The zero-order valence-electron chi connectivity index (χ0n) is 22.0. The van der Waals surface area contributed by atoms with Crippen LogP contribution in [-0.4, -0.2) is 53.4 Å². The van der Waals surface area contributed by atoms with Gasteiger partial charge in [0.05, 0.1) is 42.1 Å². The predicted molar refractivity (Wildman–Crippen MR) is 144 cm³/mol. The third kappa shape index (κ3) is 5.32. The van der Waals surface area contributed by atoms with Crippen LogP contribution in [0.2, 0.25) is 0 Å². The molecule has 0 bridgehead atoms. The van der Waals surface area contributed by atoms with Gasteiger partial charge in [0.2, 0.25) is 0 Å². The van der Waals surface area contributed by atoms with Crippen molar-refractivity contribution in [3.8, 4) is 17.6 Å². The number of esters is 1. The fourth-order valence-electron chi connectivity index (χ4n) is 5.73. The number of fused-ring (bicyclic) bond motifs is 1. The van der Waals surface area contributed by atoms with Crippen LogP contribution in [-0.2, 0) is 9.53 Å². The molecule has 0 radical (unpaired) electrons. The number of anilines is 1. The first kappa shape index (κ1) is 25.0. The first-order chi connectivity index (χ1) is 19.1. The maximum atomic E-state index is 11.1. The predicted octanol–water partition coefficient (Wildman–Crippen LogP) is 4.46. The Kier molecular flexibility index (Phi) is 6.92. The molecule has 2 fully saturated rings. The van der Waals surface area contributed by atoms with E-state index >= 15 is 0 Å². The van der Waals surface area contributed by atoms with E-state index in [0.717, 1.165) is 61.0 Å². The van der Waals surface area contributed by atoms with Crippen molar-refractivity contribution in [2.45, 2.75) is 70.3 Å². The molecule has 0 unspecified atom stereocenters. The van der Waals surface area contributed by atoms with Crippen LogP contribution in [0.15, 0.2) is 36.9 Å². The molecule has 0 aliphatic heterocycles. The van der Waals surface area contributed by atoms with Crippen LogP contribution in [0.5, 0.6) is 0 Å². The quantitative estimate of drug-likeness (QED) is 0.347. The van der Waals surface area contributed by atoms with Crippen LogP contribution in [0, 0.1) is 17.2 Å². The summed E-state index contributed by atoms with van der Waals surface area (Å²) in [4.78, 5) is 20.3. The van der Waals surface area contributed by atoms with E-state index in [-0.39, 0.29) is 5.97 Å². The molecular formula is C28H31N9O2. The summed E-state index contributed by atoms with van der Waals surface area (Å²) in [6.45, 7) is 1.96. The van der Waals surface area contributed by atoms with E-state index in [1.807, 2.05) is 16.9 Å². The Morgan fingerprint density at radius 3 is 2.69 bits per heavy atom. The molecule has 0 atom stereocenters. The van der Waals surface area contributed by atoms with E-state index in [0.29, 0.717) is 41.5 Å². The van der Waals surface area contributed by atoms with Gasteiger partial charge in [-0.1, -0.05) is 18.1 Å². The first-order valence-corrected chi connectivity index (χ1v) is 13.6. The van der Waals surface area contributed by atoms with Crippen LogP contribution in [0.1, 0.15) is 75.5 Å². The van der Waals surface area contributed by atoms with Crippen LogP contribution >= 0.6 is 0 Å². The number of aromatic nitrogens is 7. The molecule has 0 amide bonds. The minimum atomic E-state index is -0.216. The van der Waals surface area contributed by atoms with E-state index in [9.17, 15) is 10.1 Å². The number of nitriles is 1. The summed E-state index contributed by atoms with van der Waals surface area (Å²) in [6, 6.07) is 6.28. The van der Waals surface area contributed by atoms with Gasteiger partial charge in [-0.2, -0.15) is 15.0 Å². The van der Waals surface area contributed by atoms with Crippen molar-refractivity contribution < 1.29 is 9.53 Å². The highest BCUT2D eigenvalue weighted by molar-refractivity contribution is 5.77. The number of pyridine rings is 2. The fraction of sp³-hybridized carbons (Fsp3) is 0.464. The lowest BCUT2D eigenvalue weighted by Crippen LogP contribution is -2.19. The van der Waals surface area contributed by atoms with Crippen molar-refractivity contribution in [3.05, 3.63) is 48.2 Å². The lowest BCUT2D eigenvalue weighted by atomic mass is 9.81. The van der Waals surface area contributed by atoms with Crippen molar-refractivity contribution in [2.75, 3.05) is 11.9 Å². The first-order valence-electron chi connectivity index (χ1n) is 13.6. The molecule has 4 aromatic rings. The molecule has 0 aromatic carbocycles. The smallest absolute Gasteiger partial charge is 0.302 e. The monoisotopic (exact) mass is 525 g/mol. The molecule has 0 spiro atoms. The summed E-state index contributed by atoms with van der Waals surface area (Å²) >= 11 is 0. The third-order valence-corrected chi connectivity index (χ3v) is 7.88. The van der Waals surface area contributed by atoms with Crippen molar-refractivity contribution in [1.29, 1.82) is 5.26 Å². The Morgan fingerprint density at radius 2 is 1.92 bits per heavy atom. The fourth-order valence-corrected chi connectivity index (χ4v) is 5.73. The van der Waals surface area contributed by atoms with Gasteiger partial charge in [0.25, 0.3) is 0 Å². The van der Waals surface area contributed by atoms with Crippen LogP contribution in [0.3, 0.4) is 0 Å². The van der Waals surface area contributed by atoms with E-state index in [2.05, 4.69) is 31.8 Å². The van der Waals surface area contributed by atoms with Crippen molar-refractivity contribution in [1.82, 2.24) is 34.7 Å². The summed E-state index contributed by atoms with van der Waals surface area (Å²) in [6.07, 6.45) is 15.8. The molecule has 11 nitrogen and oxygen atoms in total. The molecule has 39 heavy (non-hydrogen) atoms. The number of nitrogens with zero attached hydrogens (tertiary/aromatic N) is 8. The maximum Gasteiger partial charge on any atom is 0.302 e. The standard InChI is InChI=1S/C28H31N9O2/c1-18(38)39-17-19-6-8-21(9-7-19)25-16-36(35-34-25)26-15-30-27(11-24(26)33-23-4-2-3-5-23)37-28-22(14-32-37)10-20(12-29)13-31-28/h10-11,13-16,19,21,23H,2-9,17H2,1H3,(H,30,33). The summed E-state index contributed by atoms with van der Waals surface area (Å²) < 4.78 is 8.72. The molecule has 0 saturated heterocycles. The second-order valence-electron chi connectivity index (χ2n) is 10.6. The summed E-state index contributed by atoms with van der Waals surface area (Å²) in [5, 5.41) is 27.2. The molecule has 2 saturated carbocycles. The maximum absolute atomic E-state index is 11.1. The lowest BCUT2D eigenvalue weighted by Gasteiger charge is -2.26. The minimum Gasteiger partial charge on any atom is -0.466 e. The van der Waals surface area contributed by atoms with Crippen LogP contribution in [0.4, 0.5) is 5.69 Å². The van der Waals surface area contributed by atoms with Crippen LogP contribution in [0.25, 0.3) is 22.5 Å². The normalized spacial score (nSPS) is 19.7. The molecule has 200 valence electrons. The van der Waals surface area contributed by atoms with Gasteiger partial charge in [0, 0.05) is 36.5 Å². The molecule has 11 heteroatoms. The van der Waals surface area contributed by atoms with E-state index in [1.165, 1.54) is 19.8 Å². The molecule has 4 aromatic heterocycles. The average molecular weight is 526 g/mol. The Hall–Kier alpha value is -4.33. The summed E-state index contributed by atoms with van der Waals surface area (Å²) in [7, 11) is 0. The number of carbonyl (C=O) groups is 1. The highest BCUT2D eigenvalue weighted by Gasteiger charge is 2.26. The highest BCUT2D eigenvalue weighted by atomic mass is 16.5. The second-order valence-corrected chi connectivity index (χ2v) is 10.6. The number of carbonyl (C=O) groups excluding carboxylic acids is 1. The van der Waals surface area contributed by atoms with E-state index in [4.69, 9.17) is 9.72 Å². The van der Waals surface area contributed by atoms with Gasteiger partial charge in [0.1, 0.15) is 11.8 Å². The number of hydrogen-bond donors (Lipinski definition) is 1. The molecule has 2 aliphatic carbocycles. The number of hydrogen-bond acceptors (Lipinski definition) is 9. The third-order valence-electron chi connectivity index (χ3n) is 7.88. The van der Waals surface area contributed by atoms with Gasteiger partial charge in [-0.25, -0.2) is 14.6 Å². The molecule has 6 rings (SSSR count). The SMILES string of the molecule is CC(=O)OCC1CCC(c2cn(-c3cnc(-n4ncc5cc(C#N)cnc54)cc3NC3CCCC3)nn2)CC1. The van der Waals surface area contributed by atoms with Crippen molar-refractivity contribution in [3.63, 3.8) is 0 Å². The lowest BCUT2D eigenvalue weighted by molar-refractivity contribution is -0.142. The molecule has 1 N–H and O–H groups in total.